The van der Waals surface area contributed by atoms with Gasteiger partial charge in [-0.05, 0) is 85.4 Å². The maximum Gasteiger partial charge on any atom is 0.339 e. The number of allylic oxidation sites excluding steroid dienone is 1. The number of carbonyl (C=O) groups is 2. The Bertz CT molecular complexity index is 1700. The Hall–Kier alpha value is -4.07. The normalized spacial score (nSPS) is 15.5. The maximum absolute atomic E-state index is 13.7. The third-order valence-corrected chi connectivity index (χ3v) is 7.50. The van der Waals surface area contributed by atoms with Gasteiger partial charge < -0.3 is 19.5 Å². The van der Waals surface area contributed by atoms with Gasteiger partial charge in [0.15, 0.2) is 17.6 Å². The Morgan fingerprint density at radius 1 is 1.02 bits per heavy atom. The van der Waals surface area contributed by atoms with Crippen molar-refractivity contribution >= 4 is 63.3 Å². The number of ether oxygens (including phenoxy) is 3. The highest BCUT2D eigenvalue weighted by molar-refractivity contribution is 6.36. The summed E-state index contributed by atoms with van der Waals surface area (Å²) in [6, 6.07) is 18.0. The van der Waals surface area contributed by atoms with Crippen molar-refractivity contribution in [1.29, 1.82) is 0 Å². The summed E-state index contributed by atoms with van der Waals surface area (Å²) in [5.41, 5.74) is 5.04. The first-order valence-corrected chi connectivity index (χ1v) is 13.6. The lowest BCUT2D eigenvalue weighted by molar-refractivity contribution is -0.123. The van der Waals surface area contributed by atoms with Gasteiger partial charge in [-0.15, -0.1) is 0 Å². The summed E-state index contributed by atoms with van der Waals surface area (Å²) in [6.07, 6.45) is 3.31. The molecule has 6 rings (SSSR count). The molecule has 4 aromatic rings. The Morgan fingerprint density at radius 2 is 1.85 bits per heavy atom. The maximum atomic E-state index is 13.7. The number of rotatable bonds is 5. The third kappa shape index (κ3) is 5.10. The van der Waals surface area contributed by atoms with Crippen molar-refractivity contribution in [1.82, 2.24) is 4.98 Å². The van der Waals surface area contributed by atoms with Crippen molar-refractivity contribution in [2.45, 2.75) is 32.3 Å². The number of fused-ring (bicyclic) bond motifs is 3. The third-order valence-electron chi connectivity index (χ3n) is 6.95. The zero-order chi connectivity index (χ0) is 27.8. The summed E-state index contributed by atoms with van der Waals surface area (Å²) >= 11 is 12.1. The van der Waals surface area contributed by atoms with Crippen LogP contribution in [0.25, 0.3) is 22.6 Å². The van der Waals surface area contributed by atoms with E-state index in [2.05, 4.69) is 11.4 Å². The van der Waals surface area contributed by atoms with Gasteiger partial charge in [-0.25, -0.2) is 9.78 Å². The van der Waals surface area contributed by atoms with Crippen molar-refractivity contribution < 1.29 is 23.8 Å². The molecule has 1 aliphatic heterocycles. The van der Waals surface area contributed by atoms with E-state index in [4.69, 9.17) is 42.4 Å². The molecule has 1 aromatic heterocycles. The number of pyridine rings is 1. The summed E-state index contributed by atoms with van der Waals surface area (Å²) in [5.74, 6) is 0.335. The number of carbonyl (C=O) groups excluding carboxylic acids is 2. The van der Waals surface area contributed by atoms with Crippen LogP contribution in [0.5, 0.6) is 11.5 Å². The largest absolute Gasteiger partial charge is 0.454 e. The van der Waals surface area contributed by atoms with Crippen molar-refractivity contribution in [3.63, 3.8) is 0 Å². The van der Waals surface area contributed by atoms with Gasteiger partial charge >= 0.3 is 5.97 Å². The Kier molecular flexibility index (Phi) is 7.09. The predicted molar refractivity (Wildman–Crippen MR) is 155 cm³/mol. The van der Waals surface area contributed by atoms with Crippen LogP contribution in [-0.4, -0.2) is 29.8 Å². The Morgan fingerprint density at radius 3 is 2.70 bits per heavy atom. The van der Waals surface area contributed by atoms with Crippen LogP contribution in [0.4, 0.5) is 5.69 Å². The highest BCUT2D eigenvalue weighted by Gasteiger charge is 2.28. The van der Waals surface area contributed by atoms with E-state index in [9.17, 15) is 9.59 Å². The van der Waals surface area contributed by atoms with Gasteiger partial charge in [-0.1, -0.05) is 47.5 Å². The molecule has 0 bridgehead atoms. The lowest BCUT2D eigenvalue weighted by atomic mass is 9.86. The lowest BCUT2D eigenvalue weighted by Gasteiger charge is -2.23. The molecule has 0 saturated carbocycles. The summed E-state index contributed by atoms with van der Waals surface area (Å²) in [4.78, 5) is 31.5. The molecule has 2 aliphatic rings. The van der Waals surface area contributed by atoms with Gasteiger partial charge in [-0.2, -0.15) is 0 Å². The fourth-order valence-corrected chi connectivity index (χ4v) is 5.47. The number of halogens is 2. The monoisotopic (exact) mass is 574 g/mol. The van der Waals surface area contributed by atoms with Crippen LogP contribution in [-0.2, 0) is 16.0 Å². The zero-order valence-corrected chi connectivity index (χ0v) is 23.0. The summed E-state index contributed by atoms with van der Waals surface area (Å²) in [6.45, 7) is 1.73. The van der Waals surface area contributed by atoms with E-state index in [1.54, 1.807) is 12.1 Å². The molecule has 1 atom stereocenters. The molecule has 0 saturated heterocycles. The van der Waals surface area contributed by atoms with Crippen molar-refractivity contribution in [3.05, 3.63) is 93.1 Å². The lowest BCUT2D eigenvalue weighted by Crippen LogP contribution is -2.30. The van der Waals surface area contributed by atoms with E-state index in [0.29, 0.717) is 39.3 Å². The molecule has 40 heavy (non-hydrogen) atoms. The second-order valence-electron chi connectivity index (χ2n) is 9.63. The number of hydrogen-bond acceptors (Lipinski definition) is 6. The standard InChI is InChI=1S/C31H24Cl2N2O5/c1-17(30(36)35-25-11-10-20(32)15-23(25)33)40-31(37)28-21-6-2-3-8-24(21)34-29-19(5-4-7-22(28)29)13-18-9-12-26-27(14-18)39-16-38-26/h2-3,6,8-15,17H,4-5,7,16H2,1H3,(H,35,36)/b19-13-. The molecular formula is C31H24Cl2N2O5. The molecule has 0 fully saturated rings. The number of nitrogens with zero attached hydrogens (tertiary/aromatic N) is 1. The van der Waals surface area contributed by atoms with Gasteiger partial charge in [0.1, 0.15) is 0 Å². The van der Waals surface area contributed by atoms with Crippen molar-refractivity contribution in [3.8, 4) is 11.5 Å². The van der Waals surface area contributed by atoms with Gasteiger partial charge in [0, 0.05) is 10.4 Å². The number of nitrogens with one attached hydrogen (secondary N) is 1. The van der Waals surface area contributed by atoms with Crippen LogP contribution in [0.1, 0.15) is 46.9 Å². The number of amides is 1. The minimum Gasteiger partial charge on any atom is -0.454 e. The van der Waals surface area contributed by atoms with E-state index in [-0.39, 0.29) is 11.8 Å². The van der Waals surface area contributed by atoms with Crippen molar-refractivity contribution in [2.75, 3.05) is 12.1 Å². The SMILES string of the molecule is CC(OC(=O)c1c2c(nc3ccccc13)/C(=C\c1ccc3c(c1)OCO3)CCC2)C(=O)Nc1ccc(Cl)cc1Cl. The number of hydrogen-bond donors (Lipinski definition) is 1. The molecule has 0 radical (unpaired) electrons. The van der Waals surface area contributed by atoms with Gasteiger partial charge in [0.2, 0.25) is 6.79 Å². The highest BCUT2D eigenvalue weighted by atomic mass is 35.5. The fraction of sp³-hybridized carbons (Fsp3) is 0.194. The average molecular weight is 575 g/mol. The fourth-order valence-electron chi connectivity index (χ4n) is 5.01. The quantitative estimate of drug-likeness (QED) is 0.251. The summed E-state index contributed by atoms with van der Waals surface area (Å²) < 4.78 is 16.7. The molecule has 7 nitrogen and oxygen atoms in total. The summed E-state index contributed by atoms with van der Waals surface area (Å²) in [5, 5.41) is 4.12. The molecule has 1 aliphatic carbocycles. The summed E-state index contributed by atoms with van der Waals surface area (Å²) in [7, 11) is 0. The first-order valence-electron chi connectivity index (χ1n) is 12.9. The average Bonchev–Trinajstić information content (AvgIpc) is 3.41. The topological polar surface area (TPSA) is 86.8 Å². The molecule has 1 unspecified atom stereocenters. The zero-order valence-electron chi connectivity index (χ0n) is 21.5. The van der Waals surface area contributed by atoms with Crippen LogP contribution in [0, 0.1) is 0 Å². The van der Waals surface area contributed by atoms with Crippen LogP contribution >= 0.6 is 23.2 Å². The Balaban J connectivity index is 1.33. The van der Waals surface area contributed by atoms with Crippen LogP contribution in [0.15, 0.2) is 60.7 Å². The molecule has 202 valence electrons. The van der Waals surface area contributed by atoms with Crippen LogP contribution < -0.4 is 14.8 Å². The van der Waals surface area contributed by atoms with Crippen LogP contribution in [0.2, 0.25) is 10.0 Å². The van der Waals surface area contributed by atoms with E-state index in [1.807, 2.05) is 42.5 Å². The van der Waals surface area contributed by atoms with Crippen LogP contribution in [0.3, 0.4) is 0 Å². The smallest absolute Gasteiger partial charge is 0.339 e. The minimum absolute atomic E-state index is 0.209. The Labute approximate surface area is 240 Å². The van der Waals surface area contributed by atoms with E-state index in [1.165, 1.54) is 13.0 Å². The molecule has 1 N–H and O–H groups in total. The van der Waals surface area contributed by atoms with Crippen molar-refractivity contribution in [2.24, 2.45) is 0 Å². The van der Waals surface area contributed by atoms with E-state index >= 15 is 0 Å². The highest BCUT2D eigenvalue weighted by Crippen LogP contribution is 2.38. The van der Waals surface area contributed by atoms with Gasteiger partial charge in [0.25, 0.3) is 5.91 Å². The number of esters is 1. The minimum atomic E-state index is -1.07. The molecule has 9 heteroatoms. The molecule has 1 amide bonds. The molecule has 0 spiro atoms. The molecule has 3 aromatic carbocycles. The number of para-hydroxylation sites is 1. The second-order valence-corrected chi connectivity index (χ2v) is 10.5. The number of aromatic nitrogens is 1. The predicted octanol–water partition coefficient (Wildman–Crippen LogP) is 7.33. The number of anilines is 1. The van der Waals surface area contributed by atoms with E-state index < -0.39 is 18.0 Å². The molecule has 2 heterocycles. The van der Waals surface area contributed by atoms with Gasteiger partial charge in [-0.3, -0.25) is 4.79 Å². The van der Waals surface area contributed by atoms with E-state index in [0.717, 1.165) is 41.0 Å². The van der Waals surface area contributed by atoms with Gasteiger partial charge in [0.05, 0.1) is 27.5 Å². The first-order chi connectivity index (χ1) is 19.4. The number of benzene rings is 3. The first kappa shape index (κ1) is 26.2. The second kappa shape index (κ2) is 10.8. The molecular weight excluding hydrogens is 551 g/mol.